The molecule has 0 bridgehead atoms. The normalized spacial score (nSPS) is 11.7. The van der Waals surface area contributed by atoms with Crippen molar-refractivity contribution in [2.75, 3.05) is 0 Å². The molecular weight excluding hydrogens is 255 g/mol. The topological polar surface area (TPSA) is 26.3 Å². The first-order valence-electron chi connectivity index (χ1n) is 6.31. The first-order chi connectivity index (χ1) is 9.72. The van der Waals surface area contributed by atoms with Crippen LogP contribution in [0, 0.1) is 0 Å². The Morgan fingerprint density at radius 2 is 1.80 bits per heavy atom. The summed E-state index contributed by atoms with van der Waals surface area (Å²) >= 11 is 0. The van der Waals surface area contributed by atoms with Gasteiger partial charge in [0.05, 0.1) is 0 Å². The Morgan fingerprint density at radius 3 is 2.50 bits per heavy atom. The molecule has 1 atom stereocenters. The number of Topliss-reactive ketones (excluding diaryl/α,β-unsaturated/α-hetero) is 1. The molecule has 0 aliphatic heterocycles. The molecule has 0 aromatic heterocycles. The van der Waals surface area contributed by atoms with Crippen molar-refractivity contribution >= 4 is 5.78 Å². The van der Waals surface area contributed by atoms with Crippen molar-refractivity contribution in [1.82, 2.24) is 0 Å². The van der Waals surface area contributed by atoms with Crippen molar-refractivity contribution in [1.29, 1.82) is 0 Å². The van der Waals surface area contributed by atoms with Crippen LogP contribution in [0.1, 0.15) is 15.9 Å². The van der Waals surface area contributed by atoms with Crippen LogP contribution in [-0.2, 0) is 6.42 Å². The van der Waals surface area contributed by atoms with Crippen LogP contribution in [0.5, 0.6) is 5.75 Å². The number of ketones is 1. The first kappa shape index (κ1) is 14.0. The van der Waals surface area contributed by atoms with Crippen molar-refractivity contribution < 1.29 is 13.9 Å². The molecule has 0 aliphatic carbocycles. The molecule has 0 radical (unpaired) electrons. The largest absolute Gasteiger partial charge is 0.453 e. The van der Waals surface area contributed by atoms with Gasteiger partial charge in [0, 0.05) is 5.56 Å². The van der Waals surface area contributed by atoms with Gasteiger partial charge in [-0.3, -0.25) is 4.79 Å². The monoisotopic (exact) mass is 270 g/mol. The molecule has 0 spiro atoms. The van der Waals surface area contributed by atoms with E-state index in [1.165, 1.54) is 0 Å². The zero-order valence-corrected chi connectivity index (χ0v) is 11.0. The Labute approximate surface area is 117 Å². The second kappa shape index (κ2) is 6.66. The number of benzene rings is 2. The van der Waals surface area contributed by atoms with E-state index in [-0.39, 0.29) is 0 Å². The molecule has 0 N–H and O–H groups in total. The number of hydrogen-bond acceptors (Lipinski definition) is 2. The summed E-state index contributed by atoms with van der Waals surface area (Å²) in [5.74, 6) is -0.316. The zero-order chi connectivity index (χ0) is 14.4. The van der Waals surface area contributed by atoms with Crippen molar-refractivity contribution in [2.45, 2.75) is 12.8 Å². The SMILES string of the molecule is C=CCc1ccccc1OC(F)C(=O)c1ccccc1. The molecular formula is C17H15FO2. The fourth-order valence-electron chi connectivity index (χ4n) is 1.84. The molecule has 0 heterocycles. The van der Waals surface area contributed by atoms with E-state index < -0.39 is 12.1 Å². The summed E-state index contributed by atoms with van der Waals surface area (Å²) in [6.45, 7) is 3.64. The van der Waals surface area contributed by atoms with E-state index in [4.69, 9.17) is 4.74 Å². The highest BCUT2D eigenvalue weighted by atomic mass is 19.1. The molecule has 2 aromatic rings. The fraction of sp³-hybridized carbons (Fsp3) is 0.118. The van der Waals surface area contributed by atoms with Gasteiger partial charge in [-0.1, -0.05) is 54.6 Å². The number of alkyl halides is 1. The number of carbonyl (C=O) groups is 1. The number of halogens is 1. The maximum absolute atomic E-state index is 14.0. The molecule has 0 saturated carbocycles. The predicted octanol–water partition coefficient (Wildman–Crippen LogP) is 3.97. The maximum Gasteiger partial charge on any atom is 0.301 e. The molecule has 0 fully saturated rings. The number of para-hydroxylation sites is 1. The highest BCUT2D eigenvalue weighted by Gasteiger charge is 2.21. The summed E-state index contributed by atoms with van der Waals surface area (Å²) in [4.78, 5) is 11.9. The van der Waals surface area contributed by atoms with E-state index >= 15 is 0 Å². The first-order valence-corrected chi connectivity index (χ1v) is 6.31. The van der Waals surface area contributed by atoms with Gasteiger partial charge in [-0.2, -0.15) is 4.39 Å². The highest BCUT2D eigenvalue weighted by molar-refractivity contribution is 5.98. The Morgan fingerprint density at radius 1 is 1.15 bits per heavy atom. The van der Waals surface area contributed by atoms with Crippen LogP contribution >= 0.6 is 0 Å². The van der Waals surface area contributed by atoms with Crippen molar-refractivity contribution in [3.8, 4) is 5.75 Å². The number of ether oxygens (including phenoxy) is 1. The van der Waals surface area contributed by atoms with Gasteiger partial charge in [-0.25, -0.2) is 0 Å². The fourth-order valence-corrected chi connectivity index (χ4v) is 1.84. The molecule has 3 heteroatoms. The molecule has 102 valence electrons. The van der Waals surface area contributed by atoms with Crippen LogP contribution in [0.4, 0.5) is 4.39 Å². The Kier molecular flexibility index (Phi) is 4.66. The zero-order valence-electron chi connectivity index (χ0n) is 11.0. The Balaban J connectivity index is 2.14. The van der Waals surface area contributed by atoms with Gasteiger partial charge >= 0.3 is 6.36 Å². The van der Waals surface area contributed by atoms with Crippen LogP contribution in [-0.4, -0.2) is 12.1 Å². The van der Waals surface area contributed by atoms with Gasteiger partial charge in [0.1, 0.15) is 5.75 Å². The second-order valence-electron chi connectivity index (χ2n) is 4.26. The summed E-state index contributed by atoms with van der Waals surface area (Å²) in [7, 11) is 0. The predicted molar refractivity (Wildman–Crippen MR) is 76.6 cm³/mol. The van der Waals surface area contributed by atoms with Crippen LogP contribution in [0.3, 0.4) is 0 Å². The van der Waals surface area contributed by atoms with Crippen molar-refractivity contribution in [3.63, 3.8) is 0 Å². The van der Waals surface area contributed by atoms with Crippen molar-refractivity contribution in [2.24, 2.45) is 0 Å². The quantitative estimate of drug-likeness (QED) is 0.586. The lowest BCUT2D eigenvalue weighted by molar-refractivity contribution is 0.0448. The minimum atomic E-state index is -2.01. The van der Waals surface area contributed by atoms with Gasteiger partial charge in [0.25, 0.3) is 0 Å². The summed E-state index contributed by atoms with van der Waals surface area (Å²) < 4.78 is 19.1. The smallest absolute Gasteiger partial charge is 0.301 e. The summed E-state index contributed by atoms with van der Waals surface area (Å²) in [6, 6.07) is 15.3. The third-order valence-electron chi connectivity index (χ3n) is 2.83. The molecule has 0 saturated heterocycles. The van der Waals surface area contributed by atoms with Crippen LogP contribution in [0.25, 0.3) is 0 Å². The number of allylic oxidation sites excluding steroid dienone is 1. The van der Waals surface area contributed by atoms with Gasteiger partial charge in [-0.05, 0) is 18.1 Å². The lowest BCUT2D eigenvalue weighted by atomic mass is 10.1. The average Bonchev–Trinajstić information content (AvgIpc) is 2.49. The second-order valence-corrected chi connectivity index (χ2v) is 4.26. The van der Waals surface area contributed by atoms with E-state index in [1.807, 2.05) is 12.1 Å². The minimum absolute atomic E-state index is 0.293. The standard InChI is InChI=1S/C17H15FO2/c1-2-8-13-9-6-7-12-15(13)20-17(18)16(19)14-10-4-3-5-11-14/h2-7,9-12,17H,1,8H2. The van der Waals surface area contributed by atoms with Gasteiger partial charge in [-0.15, -0.1) is 6.58 Å². The highest BCUT2D eigenvalue weighted by Crippen LogP contribution is 2.21. The molecule has 2 nitrogen and oxygen atoms in total. The molecule has 0 aliphatic rings. The number of hydrogen-bond donors (Lipinski definition) is 0. The molecule has 20 heavy (non-hydrogen) atoms. The van der Waals surface area contributed by atoms with Crippen LogP contribution < -0.4 is 4.74 Å². The lowest BCUT2D eigenvalue weighted by Crippen LogP contribution is -2.22. The van der Waals surface area contributed by atoms with Crippen LogP contribution in [0.15, 0.2) is 67.3 Å². The van der Waals surface area contributed by atoms with Gasteiger partial charge in [0.15, 0.2) is 0 Å². The Hall–Kier alpha value is -2.42. The van der Waals surface area contributed by atoms with E-state index in [0.29, 0.717) is 17.7 Å². The molecule has 2 rings (SSSR count). The summed E-state index contributed by atoms with van der Waals surface area (Å²) in [5.41, 5.74) is 1.09. The third kappa shape index (κ3) is 3.32. The van der Waals surface area contributed by atoms with Gasteiger partial charge in [0.2, 0.25) is 5.78 Å². The summed E-state index contributed by atoms with van der Waals surface area (Å²) in [6.07, 6.45) is 0.250. The van der Waals surface area contributed by atoms with E-state index in [2.05, 4.69) is 6.58 Å². The summed E-state index contributed by atoms with van der Waals surface area (Å²) in [5, 5.41) is 0. The van der Waals surface area contributed by atoms with E-state index in [9.17, 15) is 9.18 Å². The van der Waals surface area contributed by atoms with E-state index in [0.717, 1.165) is 5.56 Å². The maximum atomic E-state index is 14.0. The van der Waals surface area contributed by atoms with Crippen LogP contribution in [0.2, 0.25) is 0 Å². The average molecular weight is 270 g/mol. The van der Waals surface area contributed by atoms with Crippen molar-refractivity contribution in [3.05, 3.63) is 78.4 Å². The molecule has 0 amide bonds. The van der Waals surface area contributed by atoms with E-state index in [1.54, 1.807) is 48.5 Å². The third-order valence-corrected chi connectivity index (χ3v) is 2.83. The molecule has 2 aromatic carbocycles. The number of rotatable bonds is 6. The molecule has 1 unspecified atom stereocenters. The number of carbonyl (C=O) groups excluding carboxylic acids is 1. The van der Waals surface area contributed by atoms with Gasteiger partial charge < -0.3 is 4.74 Å². The lowest BCUT2D eigenvalue weighted by Gasteiger charge is -2.13. The Bertz CT molecular complexity index is 593. The minimum Gasteiger partial charge on any atom is -0.453 e.